The van der Waals surface area contributed by atoms with Crippen LogP contribution < -0.4 is 10.4 Å². The fourth-order valence-corrected chi connectivity index (χ4v) is 2.84. The highest BCUT2D eigenvalue weighted by Gasteiger charge is 2.14. The van der Waals surface area contributed by atoms with E-state index in [0.717, 1.165) is 18.4 Å². The molecule has 6 heteroatoms. The molecule has 158 valence electrons. The van der Waals surface area contributed by atoms with Crippen molar-refractivity contribution in [3.8, 4) is 11.5 Å². The molecule has 1 heterocycles. The van der Waals surface area contributed by atoms with Crippen LogP contribution in [0.3, 0.4) is 0 Å². The van der Waals surface area contributed by atoms with Gasteiger partial charge in [-0.25, -0.2) is 4.79 Å². The standard InChI is InChI=1S/C23H30O6/c1-15(2)5-4-6-16(3)7-9-19-22(26)20-13-18(28-12-11-17(25)14-24)8-10-21(20)29-23(19)27/h5,7-8,10,13,17,24-26H,4,6,9,11-12,14H2,1-3H3/b16-7+. The summed E-state index contributed by atoms with van der Waals surface area (Å²) in [4.78, 5) is 12.3. The zero-order valence-corrected chi connectivity index (χ0v) is 17.3. The molecule has 0 spiro atoms. The highest BCUT2D eigenvalue weighted by atomic mass is 16.5. The van der Waals surface area contributed by atoms with Gasteiger partial charge in [0.25, 0.3) is 0 Å². The summed E-state index contributed by atoms with van der Waals surface area (Å²) in [6.45, 7) is 6.02. The van der Waals surface area contributed by atoms with E-state index in [2.05, 4.69) is 19.9 Å². The average molecular weight is 402 g/mol. The molecule has 0 bridgehead atoms. The second-order valence-electron chi connectivity index (χ2n) is 7.42. The fraction of sp³-hybridized carbons (Fsp3) is 0.435. The number of allylic oxidation sites excluding steroid dienone is 4. The van der Waals surface area contributed by atoms with Gasteiger partial charge in [0, 0.05) is 12.8 Å². The van der Waals surface area contributed by atoms with Crippen LogP contribution in [0.2, 0.25) is 0 Å². The van der Waals surface area contributed by atoms with E-state index in [0.29, 0.717) is 17.6 Å². The Bertz CT molecular complexity index is 934. The summed E-state index contributed by atoms with van der Waals surface area (Å²) >= 11 is 0. The highest BCUT2D eigenvalue weighted by Crippen LogP contribution is 2.30. The van der Waals surface area contributed by atoms with Gasteiger partial charge in [0.05, 0.1) is 30.3 Å². The number of benzene rings is 1. The minimum absolute atomic E-state index is 0.106. The Morgan fingerprint density at radius 2 is 2.00 bits per heavy atom. The molecule has 1 unspecified atom stereocenters. The Morgan fingerprint density at radius 3 is 2.69 bits per heavy atom. The number of aliphatic hydroxyl groups is 2. The molecule has 6 nitrogen and oxygen atoms in total. The van der Waals surface area contributed by atoms with Crippen molar-refractivity contribution in [2.24, 2.45) is 0 Å². The van der Waals surface area contributed by atoms with Crippen LogP contribution in [-0.4, -0.2) is 34.6 Å². The Morgan fingerprint density at radius 1 is 1.24 bits per heavy atom. The Balaban J connectivity index is 2.18. The van der Waals surface area contributed by atoms with Crippen molar-refractivity contribution in [1.82, 2.24) is 0 Å². The lowest BCUT2D eigenvalue weighted by Gasteiger charge is -2.11. The maximum Gasteiger partial charge on any atom is 0.343 e. The van der Waals surface area contributed by atoms with Crippen molar-refractivity contribution >= 4 is 11.0 Å². The number of fused-ring (bicyclic) bond motifs is 1. The minimum atomic E-state index is -0.833. The first kappa shape index (κ1) is 22.7. The van der Waals surface area contributed by atoms with Gasteiger partial charge in [0.15, 0.2) is 0 Å². The molecule has 0 aliphatic heterocycles. The number of rotatable bonds is 10. The zero-order chi connectivity index (χ0) is 21.4. The van der Waals surface area contributed by atoms with Crippen molar-refractivity contribution in [3.63, 3.8) is 0 Å². The third-order valence-electron chi connectivity index (χ3n) is 4.62. The summed E-state index contributed by atoms with van der Waals surface area (Å²) in [5, 5.41) is 29.3. The molecular formula is C23H30O6. The van der Waals surface area contributed by atoms with E-state index in [1.807, 2.05) is 13.0 Å². The molecule has 29 heavy (non-hydrogen) atoms. The fourth-order valence-electron chi connectivity index (χ4n) is 2.84. The van der Waals surface area contributed by atoms with Crippen molar-refractivity contribution in [2.75, 3.05) is 13.2 Å². The molecule has 0 amide bonds. The average Bonchev–Trinajstić information content (AvgIpc) is 2.67. The highest BCUT2D eigenvalue weighted by molar-refractivity contribution is 5.85. The summed E-state index contributed by atoms with van der Waals surface area (Å²) in [6, 6.07) is 4.80. The topological polar surface area (TPSA) is 100 Å². The Hall–Kier alpha value is -2.57. The molecule has 3 N–H and O–H groups in total. The van der Waals surface area contributed by atoms with Crippen LogP contribution in [0.15, 0.2) is 50.7 Å². The van der Waals surface area contributed by atoms with E-state index in [9.17, 15) is 15.0 Å². The molecule has 0 aliphatic carbocycles. The van der Waals surface area contributed by atoms with Gasteiger partial charge in [0.1, 0.15) is 17.1 Å². The number of ether oxygens (including phenoxy) is 1. The molecule has 1 aromatic heterocycles. The SMILES string of the molecule is CC(C)=CCC/C(C)=C/Cc1c(O)c2cc(OCCC(O)CO)ccc2oc1=O. The monoisotopic (exact) mass is 402 g/mol. The van der Waals surface area contributed by atoms with Crippen LogP contribution in [0.1, 0.15) is 45.6 Å². The smallest absolute Gasteiger partial charge is 0.343 e. The van der Waals surface area contributed by atoms with E-state index in [1.165, 1.54) is 5.57 Å². The Kier molecular flexibility index (Phi) is 8.49. The molecule has 0 radical (unpaired) electrons. The molecule has 2 aromatic rings. The third-order valence-corrected chi connectivity index (χ3v) is 4.62. The van der Waals surface area contributed by atoms with Gasteiger partial charge in [-0.2, -0.15) is 0 Å². The van der Waals surface area contributed by atoms with Crippen molar-refractivity contribution < 1.29 is 24.5 Å². The normalized spacial score (nSPS) is 12.8. The van der Waals surface area contributed by atoms with Crippen LogP contribution in [0.4, 0.5) is 0 Å². The molecule has 0 saturated heterocycles. The molecule has 0 fully saturated rings. The predicted octanol–water partition coefficient (Wildman–Crippen LogP) is 3.86. The lowest BCUT2D eigenvalue weighted by Crippen LogP contribution is -2.15. The summed E-state index contributed by atoms with van der Waals surface area (Å²) in [5.74, 6) is 0.372. The lowest BCUT2D eigenvalue weighted by atomic mass is 10.1. The van der Waals surface area contributed by atoms with Gasteiger partial charge < -0.3 is 24.5 Å². The van der Waals surface area contributed by atoms with Crippen molar-refractivity contribution in [3.05, 3.63) is 57.5 Å². The van der Waals surface area contributed by atoms with Crippen LogP contribution in [0.25, 0.3) is 11.0 Å². The van der Waals surface area contributed by atoms with E-state index in [1.54, 1.807) is 18.2 Å². The van der Waals surface area contributed by atoms with Gasteiger partial charge in [-0.15, -0.1) is 0 Å². The molecule has 2 rings (SSSR count). The van der Waals surface area contributed by atoms with Gasteiger partial charge in [0.2, 0.25) is 0 Å². The van der Waals surface area contributed by atoms with Crippen molar-refractivity contribution in [2.45, 2.75) is 52.6 Å². The van der Waals surface area contributed by atoms with Gasteiger partial charge in [-0.1, -0.05) is 23.3 Å². The van der Waals surface area contributed by atoms with Crippen LogP contribution in [-0.2, 0) is 6.42 Å². The van der Waals surface area contributed by atoms with Gasteiger partial charge >= 0.3 is 5.63 Å². The van der Waals surface area contributed by atoms with E-state index in [4.69, 9.17) is 14.3 Å². The zero-order valence-electron chi connectivity index (χ0n) is 17.3. The van der Waals surface area contributed by atoms with Crippen LogP contribution in [0.5, 0.6) is 11.5 Å². The number of aliphatic hydroxyl groups excluding tert-OH is 2. The second-order valence-corrected chi connectivity index (χ2v) is 7.42. The van der Waals surface area contributed by atoms with Gasteiger partial charge in [-0.05, 0) is 51.8 Å². The molecule has 1 aromatic carbocycles. The number of aromatic hydroxyl groups is 1. The maximum absolute atomic E-state index is 12.3. The molecule has 0 saturated carbocycles. The van der Waals surface area contributed by atoms with Crippen LogP contribution in [0, 0.1) is 0 Å². The predicted molar refractivity (Wildman–Crippen MR) is 113 cm³/mol. The minimum Gasteiger partial charge on any atom is -0.507 e. The second kappa shape index (κ2) is 10.8. The third kappa shape index (κ3) is 6.76. The molecule has 0 aliphatic rings. The molecule has 1 atom stereocenters. The van der Waals surface area contributed by atoms with Crippen molar-refractivity contribution in [1.29, 1.82) is 0 Å². The summed E-state index contributed by atoms with van der Waals surface area (Å²) in [6.07, 6.45) is 5.68. The van der Waals surface area contributed by atoms with E-state index < -0.39 is 11.7 Å². The summed E-state index contributed by atoms with van der Waals surface area (Å²) in [5.41, 5.74) is 2.36. The first-order valence-corrected chi connectivity index (χ1v) is 9.81. The number of hydrogen-bond donors (Lipinski definition) is 3. The van der Waals surface area contributed by atoms with Gasteiger partial charge in [-0.3, -0.25) is 0 Å². The van der Waals surface area contributed by atoms with Crippen LogP contribution >= 0.6 is 0 Å². The molecular weight excluding hydrogens is 372 g/mol. The van der Waals surface area contributed by atoms with E-state index >= 15 is 0 Å². The quantitative estimate of drug-likeness (QED) is 0.412. The maximum atomic E-state index is 12.3. The summed E-state index contributed by atoms with van der Waals surface area (Å²) in [7, 11) is 0. The first-order valence-electron chi connectivity index (χ1n) is 9.81. The lowest BCUT2D eigenvalue weighted by molar-refractivity contribution is 0.0754. The largest absolute Gasteiger partial charge is 0.507 e. The summed E-state index contributed by atoms with van der Waals surface area (Å²) < 4.78 is 10.9. The Labute approximate surface area is 170 Å². The van der Waals surface area contributed by atoms with E-state index in [-0.39, 0.29) is 36.5 Å². The number of hydrogen-bond acceptors (Lipinski definition) is 6. The first-order chi connectivity index (χ1) is 13.8.